The molecule has 0 aliphatic heterocycles. The van der Waals surface area contributed by atoms with Gasteiger partial charge in [-0.3, -0.25) is 9.71 Å². The van der Waals surface area contributed by atoms with Crippen molar-refractivity contribution in [2.45, 2.75) is 11.8 Å². The summed E-state index contributed by atoms with van der Waals surface area (Å²) >= 11 is 0. The summed E-state index contributed by atoms with van der Waals surface area (Å²) < 4.78 is 28.3. The first-order valence-electron chi connectivity index (χ1n) is 8.19. The van der Waals surface area contributed by atoms with E-state index in [1.54, 1.807) is 43.3 Å². The van der Waals surface area contributed by atoms with Crippen LogP contribution >= 0.6 is 0 Å². The average Bonchev–Trinajstić information content (AvgIpc) is 2.67. The van der Waals surface area contributed by atoms with Crippen molar-refractivity contribution in [3.63, 3.8) is 0 Å². The van der Waals surface area contributed by atoms with Crippen LogP contribution in [0.5, 0.6) is 11.5 Å². The van der Waals surface area contributed by atoms with Crippen LogP contribution in [-0.4, -0.2) is 23.6 Å². The van der Waals surface area contributed by atoms with Crippen LogP contribution in [0.1, 0.15) is 5.56 Å². The summed E-state index contributed by atoms with van der Waals surface area (Å²) in [6, 6.07) is 14.2. The maximum Gasteiger partial charge on any atom is 0.261 e. The van der Waals surface area contributed by atoms with Gasteiger partial charge in [0.1, 0.15) is 11.5 Å². The van der Waals surface area contributed by atoms with Crippen LogP contribution in [0.3, 0.4) is 0 Å². The molecule has 4 aromatic rings. The van der Waals surface area contributed by atoms with E-state index in [0.29, 0.717) is 21.9 Å². The Morgan fingerprint density at radius 3 is 2.52 bits per heavy atom. The van der Waals surface area contributed by atoms with Crippen molar-refractivity contribution in [2.24, 2.45) is 0 Å². The van der Waals surface area contributed by atoms with E-state index in [1.165, 1.54) is 24.4 Å². The maximum absolute atomic E-state index is 12.9. The highest BCUT2D eigenvalue weighted by Crippen LogP contribution is 2.32. The minimum Gasteiger partial charge on any atom is -0.508 e. The first kappa shape index (κ1) is 17.1. The highest BCUT2D eigenvalue weighted by molar-refractivity contribution is 7.92. The molecule has 27 heavy (non-hydrogen) atoms. The zero-order chi connectivity index (χ0) is 19.2. The van der Waals surface area contributed by atoms with Crippen molar-refractivity contribution in [3.05, 3.63) is 66.4 Å². The number of phenols is 2. The van der Waals surface area contributed by atoms with E-state index in [1.807, 2.05) is 0 Å². The molecule has 0 bridgehead atoms. The average molecular weight is 380 g/mol. The van der Waals surface area contributed by atoms with Crippen LogP contribution in [0.25, 0.3) is 21.7 Å². The molecule has 3 aromatic carbocycles. The minimum absolute atomic E-state index is 0.0297. The predicted molar refractivity (Wildman–Crippen MR) is 105 cm³/mol. The third-order valence-electron chi connectivity index (χ3n) is 4.53. The smallest absolute Gasteiger partial charge is 0.261 e. The number of aromatic nitrogens is 1. The number of benzene rings is 3. The first-order valence-corrected chi connectivity index (χ1v) is 9.67. The Hall–Kier alpha value is -3.32. The summed E-state index contributed by atoms with van der Waals surface area (Å²) in [5.41, 5.74) is 1.34. The molecule has 1 heterocycles. The summed E-state index contributed by atoms with van der Waals surface area (Å²) in [4.78, 5) is 4.27. The van der Waals surface area contributed by atoms with Gasteiger partial charge < -0.3 is 10.2 Å². The van der Waals surface area contributed by atoms with Gasteiger partial charge in [-0.25, -0.2) is 8.42 Å². The number of fused-ring (bicyclic) bond motifs is 2. The standard InChI is InChI=1S/C20H16N2O4S/c1-12-15-6-5-14(11-13(15)4-8-18(12)23)27(25,26)22-17-7-9-19(24)16-3-2-10-21-20(16)17/h2-11,22-24H,1H3. The number of hydrogen-bond acceptors (Lipinski definition) is 5. The second-order valence-electron chi connectivity index (χ2n) is 6.23. The van der Waals surface area contributed by atoms with Gasteiger partial charge in [-0.2, -0.15) is 0 Å². The van der Waals surface area contributed by atoms with Gasteiger partial charge in [-0.1, -0.05) is 12.1 Å². The van der Waals surface area contributed by atoms with E-state index < -0.39 is 10.0 Å². The largest absolute Gasteiger partial charge is 0.508 e. The lowest BCUT2D eigenvalue weighted by Crippen LogP contribution is -2.13. The fourth-order valence-corrected chi connectivity index (χ4v) is 4.16. The molecule has 6 nitrogen and oxygen atoms in total. The van der Waals surface area contributed by atoms with Gasteiger partial charge >= 0.3 is 0 Å². The summed E-state index contributed by atoms with van der Waals surface area (Å²) in [6.45, 7) is 1.78. The molecule has 0 spiro atoms. The van der Waals surface area contributed by atoms with Gasteiger partial charge in [-0.05, 0) is 65.7 Å². The van der Waals surface area contributed by atoms with E-state index in [4.69, 9.17) is 0 Å². The number of hydrogen-bond donors (Lipinski definition) is 3. The Balaban J connectivity index is 1.80. The molecule has 0 unspecified atom stereocenters. The molecule has 0 atom stereocenters. The molecule has 0 saturated heterocycles. The zero-order valence-electron chi connectivity index (χ0n) is 14.3. The van der Waals surface area contributed by atoms with Gasteiger partial charge in [0.15, 0.2) is 0 Å². The van der Waals surface area contributed by atoms with Crippen LogP contribution in [0.2, 0.25) is 0 Å². The van der Waals surface area contributed by atoms with Crippen molar-refractivity contribution < 1.29 is 18.6 Å². The van der Waals surface area contributed by atoms with Crippen molar-refractivity contribution >= 4 is 37.4 Å². The van der Waals surface area contributed by atoms with E-state index in [0.717, 1.165) is 5.39 Å². The third-order valence-corrected chi connectivity index (χ3v) is 5.90. The number of aromatic hydroxyl groups is 2. The van der Waals surface area contributed by atoms with Crippen LogP contribution in [-0.2, 0) is 10.0 Å². The normalized spacial score (nSPS) is 11.7. The lowest BCUT2D eigenvalue weighted by Gasteiger charge is -2.12. The van der Waals surface area contributed by atoms with Gasteiger partial charge in [0.2, 0.25) is 0 Å². The van der Waals surface area contributed by atoms with E-state index in [9.17, 15) is 18.6 Å². The van der Waals surface area contributed by atoms with Crippen LogP contribution in [0.15, 0.2) is 65.7 Å². The second kappa shape index (κ2) is 6.14. The third kappa shape index (κ3) is 2.92. The lowest BCUT2D eigenvalue weighted by molar-refractivity contribution is 0.472. The summed E-state index contributed by atoms with van der Waals surface area (Å²) in [6.07, 6.45) is 1.53. The van der Waals surface area contributed by atoms with Gasteiger partial charge in [0, 0.05) is 11.6 Å². The first-order chi connectivity index (χ1) is 12.9. The summed E-state index contributed by atoms with van der Waals surface area (Å²) in [5, 5.41) is 21.7. The van der Waals surface area contributed by atoms with Crippen molar-refractivity contribution in [1.82, 2.24) is 4.98 Å². The van der Waals surface area contributed by atoms with Crippen LogP contribution < -0.4 is 4.72 Å². The minimum atomic E-state index is -3.87. The Bertz CT molecular complexity index is 1300. The molecule has 3 N–H and O–H groups in total. The highest BCUT2D eigenvalue weighted by Gasteiger charge is 2.18. The van der Waals surface area contributed by atoms with Gasteiger partial charge in [-0.15, -0.1) is 0 Å². The summed E-state index contributed by atoms with van der Waals surface area (Å²) in [5.74, 6) is 0.194. The van der Waals surface area contributed by atoms with Crippen molar-refractivity contribution in [2.75, 3.05) is 4.72 Å². The monoisotopic (exact) mass is 380 g/mol. The molecule has 7 heteroatoms. The van der Waals surface area contributed by atoms with Gasteiger partial charge in [0.05, 0.1) is 16.1 Å². The maximum atomic E-state index is 12.9. The number of nitrogens with one attached hydrogen (secondary N) is 1. The van der Waals surface area contributed by atoms with Crippen LogP contribution in [0.4, 0.5) is 5.69 Å². The molecule has 136 valence electrons. The Morgan fingerprint density at radius 2 is 1.70 bits per heavy atom. The number of anilines is 1. The fraction of sp³-hybridized carbons (Fsp3) is 0.0500. The molecule has 0 saturated carbocycles. The SMILES string of the molecule is Cc1c(O)ccc2cc(S(=O)(=O)Nc3ccc(O)c4cccnc34)ccc12. The number of rotatable bonds is 3. The fourth-order valence-electron chi connectivity index (χ4n) is 3.06. The number of pyridine rings is 1. The lowest BCUT2D eigenvalue weighted by atomic mass is 10.1. The van der Waals surface area contributed by atoms with Crippen LogP contribution in [0, 0.1) is 6.92 Å². The number of phenolic OH excluding ortho intramolecular Hbond substituents is 2. The second-order valence-corrected chi connectivity index (χ2v) is 7.91. The van der Waals surface area contributed by atoms with E-state index in [-0.39, 0.29) is 22.1 Å². The molecular formula is C20H16N2O4S. The quantitative estimate of drug-likeness (QED) is 0.468. The van der Waals surface area contributed by atoms with Crippen molar-refractivity contribution in [3.8, 4) is 11.5 Å². The molecule has 0 fully saturated rings. The molecule has 0 amide bonds. The highest BCUT2D eigenvalue weighted by atomic mass is 32.2. The predicted octanol–water partition coefficient (Wildman–Crippen LogP) is 3.91. The summed E-state index contributed by atoms with van der Waals surface area (Å²) in [7, 11) is -3.87. The molecular weight excluding hydrogens is 364 g/mol. The topological polar surface area (TPSA) is 99.5 Å². The molecule has 4 rings (SSSR count). The Kier molecular flexibility index (Phi) is 3.89. The van der Waals surface area contributed by atoms with Crippen molar-refractivity contribution in [1.29, 1.82) is 0 Å². The Morgan fingerprint density at radius 1 is 0.926 bits per heavy atom. The number of nitrogens with zero attached hydrogens (tertiary/aromatic N) is 1. The van der Waals surface area contributed by atoms with E-state index >= 15 is 0 Å². The number of sulfonamides is 1. The van der Waals surface area contributed by atoms with Gasteiger partial charge in [0.25, 0.3) is 10.0 Å². The van der Waals surface area contributed by atoms with E-state index in [2.05, 4.69) is 9.71 Å². The molecule has 1 aromatic heterocycles. The molecule has 0 aliphatic rings. The molecule has 0 radical (unpaired) electrons. The Labute approximate surface area is 155 Å². The molecule has 0 aliphatic carbocycles. The zero-order valence-corrected chi connectivity index (χ0v) is 15.2. The number of aryl methyl sites for hydroxylation is 1.